The zero-order valence-electron chi connectivity index (χ0n) is 16.5. The Morgan fingerprint density at radius 1 is 0.759 bits per heavy atom. The van der Waals surface area contributed by atoms with Crippen molar-refractivity contribution in [3.05, 3.63) is 90.5 Å². The molecule has 1 heterocycles. The highest BCUT2D eigenvalue weighted by Gasteiger charge is 2.43. The van der Waals surface area contributed by atoms with E-state index in [1.165, 1.54) is 12.8 Å². The fourth-order valence-corrected chi connectivity index (χ4v) is 5.08. The summed E-state index contributed by atoms with van der Waals surface area (Å²) < 4.78 is 0. The van der Waals surface area contributed by atoms with Crippen molar-refractivity contribution in [2.75, 3.05) is 10.2 Å². The summed E-state index contributed by atoms with van der Waals surface area (Å²) >= 11 is 0. The predicted octanol–water partition coefficient (Wildman–Crippen LogP) is 6.12. The Labute approximate surface area is 172 Å². The largest absolute Gasteiger partial charge is 0.382 e. The van der Waals surface area contributed by atoms with Crippen molar-refractivity contribution in [3.63, 3.8) is 0 Å². The quantitative estimate of drug-likeness (QED) is 0.592. The molecule has 1 saturated carbocycles. The Balaban J connectivity index is 1.62. The van der Waals surface area contributed by atoms with E-state index in [1.54, 1.807) is 0 Å². The van der Waals surface area contributed by atoms with Gasteiger partial charge in [0.05, 0.1) is 5.92 Å². The number of nitrogens with zero attached hydrogens (tertiary/aromatic N) is 1. The van der Waals surface area contributed by atoms with Gasteiger partial charge in [0.2, 0.25) is 5.91 Å². The van der Waals surface area contributed by atoms with Gasteiger partial charge in [0.25, 0.3) is 0 Å². The normalized spacial score (nSPS) is 22.7. The second-order valence-electron chi connectivity index (χ2n) is 8.11. The first-order chi connectivity index (χ1) is 14.3. The van der Waals surface area contributed by atoms with Crippen molar-refractivity contribution in [1.82, 2.24) is 0 Å². The summed E-state index contributed by atoms with van der Waals surface area (Å²) in [5.74, 6) is 0.382. The van der Waals surface area contributed by atoms with E-state index in [2.05, 4.69) is 29.6 Å². The first-order valence-electron chi connectivity index (χ1n) is 10.6. The first kappa shape index (κ1) is 18.0. The van der Waals surface area contributed by atoms with Crippen molar-refractivity contribution in [2.24, 2.45) is 5.92 Å². The van der Waals surface area contributed by atoms with Crippen LogP contribution in [0.25, 0.3) is 0 Å². The number of carbonyl (C=O) groups is 1. The van der Waals surface area contributed by atoms with E-state index < -0.39 is 0 Å². The van der Waals surface area contributed by atoms with Crippen molar-refractivity contribution in [3.8, 4) is 0 Å². The third kappa shape index (κ3) is 3.31. The second kappa shape index (κ2) is 7.75. The highest BCUT2D eigenvalue weighted by molar-refractivity contribution is 6.05. The molecular formula is C26H26N2O. The first-order valence-corrected chi connectivity index (χ1v) is 10.6. The van der Waals surface area contributed by atoms with Crippen LogP contribution in [0.1, 0.15) is 37.2 Å². The number of hydrogen-bond acceptors (Lipinski definition) is 2. The van der Waals surface area contributed by atoms with Gasteiger partial charge in [-0.25, -0.2) is 0 Å². The molecule has 0 spiro atoms. The molecule has 5 rings (SSSR count). The Kier molecular flexibility index (Phi) is 4.81. The van der Waals surface area contributed by atoms with Gasteiger partial charge in [0.1, 0.15) is 0 Å². The number of para-hydroxylation sites is 3. The van der Waals surface area contributed by atoms with E-state index in [9.17, 15) is 4.79 Å². The minimum Gasteiger partial charge on any atom is -0.382 e. The van der Waals surface area contributed by atoms with Crippen LogP contribution in [0.5, 0.6) is 0 Å². The molecule has 1 aliphatic carbocycles. The molecule has 0 unspecified atom stereocenters. The fraction of sp³-hybridized carbons (Fsp3) is 0.269. The number of rotatable bonds is 3. The van der Waals surface area contributed by atoms with Gasteiger partial charge in [-0.15, -0.1) is 0 Å². The van der Waals surface area contributed by atoms with Crippen LogP contribution in [0, 0.1) is 5.92 Å². The van der Waals surface area contributed by atoms with Crippen LogP contribution in [-0.2, 0) is 4.79 Å². The Morgan fingerprint density at radius 2 is 1.34 bits per heavy atom. The van der Waals surface area contributed by atoms with E-state index in [0.717, 1.165) is 35.5 Å². The lowest BCUT2D eigenvalue weighted by molar-refractivity contribution is -0.121. The molecular weight excluding hydrogens is 356 g/mol. The number of hydrogen-bond donors (Lipinski definition) is 1. The summed E-state index contributed by atoms with van der Waals surface area (Å²) in [5.41, 5.74) is 4.10. The monoisotopic (exact) mass is 382 g/mol. The second-order valence-corrected chi connectivity index (χ2v) is 8.11. The molecule has 1 fully saturated rings. The third-order valence-electron chi connectivity index (χ3n) is 6.40. The van der Waals surface area contributed by atoms with E-state index in [0.29, 0.717) is 12.0 Å². The predicted molar refractivity (Wildman–Crippen MR) is 119 cm³/mol. The zero-order valence-corrected chi connectivity index (χ0v) is 16.5. The Bertz CT molecular complexity index is 946. The summed E-state index contributed by atoms with van der Waals surface area (Å²) in [5, 5.41) is 3.73. The lowest BCUT2D eigenvalue weighted by Gasteiger charge is -2.44. The average molecular weight is 383 g/mol. The number of benzene rings is 3. The highest BCUT2D eigenvalue weighted by atomic mass is 16.2. The highest BCUT2D eigenvalue weighted by Crippen LogP contribution is 2.46. The number of anilines is 3. The number of amides is 1. The molecule has 2 aliphatic rings. The minimum atomic E-state index is -0.127. The molecule has 1 N–H and O–H groups in total. The summed E-state index contributed by atoms with van der Waals surface area (Å²) in [6.07, 6.45) is 4.67. The van der Waals surface area contributed by atoms with Crippen LogP contribution >= 0.6 is 0 Å². The molecule has 29 heavy (non-hydrogen) atoms. The molecule has 3 heteroatoms. The van der Waals surface area contributed by atoms with E-state index in [-0.39, 0.29) is 11.8 Å². The van der Waals surface area contributed by atoms with E-state index >= 15 is 0 Å². The van der Waals surface area contributed by atoms with Gasteiger partial charge < -0.3 is 5.32 Å². The van der Waals surface area contributed by atoms with Gasteiger partial charge in [-0.05, 0) is 54.7 Å². The Hall–Kier alpha value is -3.07. The van der Waals surface area contributed by atoms with Crippen LogP contribution in [0.3, 0.4) is 0 Å². The maximum absolute atomic E-state index is 14.2. The van der Waals surface area contributed by atoms with Crippen molar-refractivity contribution < 1.29 is 4.79 Å². The molecule has 3 aromatic rings. The molecule has 3 atom stereocenters. The number of carbonyl (C=O) groups excluding carboxylic acids is 1. The molecule has 1 aliphatic heterocycles. The molecule has 3 aromatic carbocycles. The molecule has 0 saturated heterocycles. The third-order valence-corrected chi connectivity index (χ3v) is 6.40. The number of nitrogens with one attached hydrogen (secondary N) is 1. The van der Waals surface area contributed by atoms with Crippen LogP contribution in [0.4, 0.5) is 17.1 Å². The summed E-state index contributed by atoms with van der Waals surface area (Å²) in [6.45, 7) is 0. The van der Waals surface area contributed by atoms with E-state index in [4.69, 9.17) is 0 Å². The smallest absolute Gasteiger partial charge is 0.239 e. The molecule has 146 valence electrons. The maximum Gasteiger partial charge on any atom is 0.239 e. The van der Waals surface area contributed by atoms with Gasteiger partial charge in [0, 0.05) is 23.1 Å². The summed E-state index contributed by atoms with van der Waals surface area (Å²) in [7, 11) is 0. The minimum absolute atomic E-state index is 0.127. The van der Waals surface area contributed by atoms with Crippen molar-refractivity contribution >= 4 is 23.0 Å². The topological polar surface area (TPSA) is 32.3 Å². The van der Waals surface area contributed by atoms with Gasteiger partial charge in [-0.1, -0.05) is 67.4 Å². The van der Waals surface area contributed by atoms with Crippen LogP contribution in [-0.4, -0.2) is 11.9 Å². The molecule has 0 bridgehead atoms. The SMILES string of the molecule is O=C([C@@H]1c2ccccc2N[C@H]2CCCC[C@@H]21)N(c1ccccc1)c1ccccc1. The molecule has 3 nitrogen and oxygen atoms in total. The standard InChI is InChI=1S/C26H26N2O/c29-26(28(19-11-3-1-4-12-19)20-13-5-2-6-14-20)25-21-15-7-9-17-23(21)27-24-18-10-8-16-22(24)25/h1-7,9,11-15,17,22,24-25,27H,8,10,16,18H2/t22-,24-,25+/m0/s1. The lowest BCUT2D eigenvalue weighted by atomic mass is 9.70. The van der Waals surface area contributed by atoms with Crippen molar-refractivity contribution in [1.29, 1.82) is 0 Å². The van der Waals surface area contributed by atoms with Gasteiger partial charge in [-0.2, -0.15) is 0 Å². The Morgan fingerprint density at radius 3 is 2.03 bits per heavy atom. The van der Waals surface area contributed by atoms with E-state index in [1.807, 2.05) is 65.6 Å². The molecule has 0 aromatic heterocycles. The fourth-order valence-electron chi connectivity index (χ4n) is 5.08. The van der Waals surface area contributed by atoms with Gasteiger partial charge >= 0.3 is 0 Å². The van der Waals surface area contributed by atoms with Crippen LogP contribution in [0.15, 0.2) is 84.9 Å². The van der Waals surface area contributed by atoms with Crippen molar-refractivity contribution in [2.45, 2.75) is 37.6 Å². The lowest BCUT2D eigenvalue weighted by Crippen LogP contribution is -2.46. The van der Waals surface area contributed by atoms with Gasteiger partial charge in [-0.3, -0.25) is 9.69 Å². The average Bonchev–Trinajstić information content (AvgIpc) is 2.79. The maximum atomic E-state index is 14.2. The number of fused-ring (bicyclic) bond motifs is 2. The van der Waals surface area contributed by atoms with Crippen LogP contribution in [0.2, 0.25) is 0 Å². The molecule has 1 amide bonds. The van der Waals surface area contributed by atoms with Crippen LogP contribution < -0.4 is 10.2 Å². The molecule has 0 radical (unpaired) electrons. The zero-order chi connectivity index (χ0) is 19.6. The van der Waals surface area contributed by atoms with Gasteiger partial charge in [0.15, 0.2) is 0 Å². The summed E-state index contributed by atoms with van der Waals surface area (Å²) in [6, 6.07) is 28.8. The summed E-state index contributed by atoms with van der Waals surface area (Å²) in [4.78, 5) is 16.1.